The highest BCUT2D eigenvalue weighted by Gasteiger charge is 2.53. The van der Waals surface area contributed by atoms with Gasteiger partial charge in [-0.05, 0) is 35.4 Å². The van der Waals surface area contributed by atoms with Gasteiger partial charge in [-0.2, -0.15) is 8.78 Å². The van der Waals surface area contributed by atoms with E-state index in [1.165, 1.54) is 4.90 Å². The summed E-state index contributed by atoms with van der Waals surface area (Å²) in [7, 11) is 0. The van der Waals surface area contributed by atoms with Gasteiger partial charge in [0.15, 0.2) is 5.76 Å². The Labute approximate surface area is 178 Å². The van der Waals surface area contributed by atoms with Gasteiger partial charge < -0.3 is 9.64 Å². The summed E-state index contributed by atoms with van der Waals surface area (Å²) in [6, 6.07) is 24.2. The first kappa shape index (κ1) is 20.1. The highest BCUT2D eigenvalue weighted by atomic mass is 35.5. The molecule has 3 aromatic rings. The van der Waals surface area contributed by atoms with E-state index in [1.54, 1.807) is 72.8 Å². The molecule has 1 heterocycles. The van der Waals surface area contributed by atoms with E-state index in [1.807, 2.05) is 12.1 Å². The largest absolute Gasteiger partial charge is 0.487 e. The number of benzene rings is 3. The molecule has 0 radical (unpaired) electrons. The number of rotatable bonds is 6. The summed E-state index contributed by atoms with van der Waals surface area (Å²) in [5, 5.41) is 0.528. The van der Waals surface area contributed by atoms with E-state index in [9.17, 15) is 13.6 Å². The van der Waals surface area contributed by atoms with E-state index < -0.39 is 29.7 Å². The fourth-order valence-electron chi connectivity index (χ4n) is 3.62. The van der Waals surface area contributed by atoms with Gasteiger partial charge in [-0.15, -0.1) is 0 Å². The van der Waals surface area contributed by atoms with Crippen LogP contribution in [0.1, 0.15) is 17.2 Å². The molecule has 1 aliphatic heterocycles. The molecule has 2 unspecified atom stereocenters. The first-order chi connectivity index (χ1) is 14.6. The number of ether oxygens (including phenoxy) is 1. The molecule has 6 heteroatoms. The monoisotopic (exact) mass is 425 g/mol. The zero-order chi connectivity index (χ0) is 21.1. The number of nitrogens with zero attached hydrogens (tertiary/aromatic N) is 1. The van der Waals surface area contributed by atoms with Crippen molar-refractivity contribution < 1.29 is 18.3 Å². The Morgan fingerprint density at radius 2 is 1.50 bits per heavy atom. The molecule has 1 saturated heterocycles. The number of carbonyl (C=O) groups is 1. The van der Waals surface area contributed by atoms with Gasteiger partial charge in [-0.25, -0.2) is 0 Å². The molecular formula is C24H18ClF2NO2. The summed E-state index contributed by atoms with van der Waals surface area (Å²) in [5.41, 5.74) is 2.08. The quantitative estimate of drug-likeness (QED) is 0.339. The Morgan fingerprint density at radius 3 is 2.10 bits per heavy atom. The van der Waals surface area contributed by atoms with E-state index in [-0.39, 0.29) is 6.61 Å². The average Bonchev–Trinajstić information content (AvgIpc) is 2.76. The van der Waals surface area contributed by atoms with Crippen molar-refractivity contribution in [2.75, 3.05) is 4.90 Å². The lowest BCUT2D eigenvalue weighted by atomic mass is 9.80. The first-order valence-electron chi connectivity index (χ1n) is 9.41. The van der Waals surface area contributed by atoms with Crippen LogP contribution >= 0.6 is 11.6 Å². The van der Waals surface area contributed by atoms with Crippen LogP contribution in [-0.2, 0) is 16.1 Å². The number of halogens is 3. The lowest BCUT2D eigenvalue weighted by Gasteiger charge is -2.47. The molecule has 1 amide bonds. The van der Waals surface area contributed by atoms with Crippen LogP contribution in [-0.4, -0.2) is 5.91 Å². The number of carbonyl (C=O) groups excluding carboxylic acids is 1. The predicted octanol–water partition coefficient (Wildman–Crippen LogP) is 6.37. The molecule has 152 valence electrons. The highest BCUT2D eigenvalue weighted by Crippen LogP contribution is 2.48. The number of hydrogen-bond donors (Lipinski definition) is 0. The summed E-state index contributed by atoms with van der Waals surface area (Å²) in [5.74, 6) is -2.13. The minimum Gasteiger partial charge on any atom is -0.487 e. The number of hydrogen-bond acceptors (Lipinski definition) is 2. The summed E-state index contributed by atoms with van der Waals surface area (Å²) < 4.78 is 33.3. The maximum atomic E-state index is 13.9. The Hall–Kier alpha value is -3.18. The summed E-state index contributed by atoms with van der Waals surface area (Å²) >= 11 is 5.99. The topological polar surface area (TPSA) is 29.5 Å². The standard InChI is InChI=1S/C24H18ClF2NO2/c25-18-13-11-17(12-14-18)21-20(24(29)28(21)19-9-5-2-6-10-19)22(23(26)27)30-15-16-7-3-1-4-8-16/h1-14,20-21H,15H2. The van der Waals surface area contributed by atoms with Crippen LogP contribution in [0.4, 0.5) is 14.5 Å². The molecule has 2 atom stereocenters. The van der Waals surface area contributed by atoms with Crippen LogP contribution < -0.4 is 4.90 Å². The maximum Gasteiger partial charge on any atom is 0.308 e. The lowest BCUT2D eigenvalue weighted by Crippen LogP contribution is -2.56. The zero-order valence-electron chi connectivity index (χ0n) is 15.8. The van der Waals surface area contributed by atoms with Gasteiger partial charge in [0.05, 0.1) is 6.04 Å². The molecule has 4 rings (SSSR count). The molecule has 0 saturated carbocycles. The minimum absolute atomic E-state index is 0.0457. The highest BCUT2D eigenvalue weighted by molar-refractivity contribution is 6.30. The van der Waals surface area contributed by atoms with Crippen molar-refractivity contribution in [3.05, 3.63) is 113 Å². The van der Waals surface area contributed by atoms with E-state index >= 15 is 0 Å². The van der Waals surface area contributed by atoms with Crippen molar-refractivity contribution in [2.45, 2.75) is 12.6 Å². The predicted molar refractivity (Wildman–Crippen MR) is 112 cm³/mol. The van der Waals surface area contributed by atoms with Gasteiger partial charge in [0.25, 0.3) is 0 Å². The number of amides is 1. The summed E-state index contributed by atoms with van der Waals surface area (Å²) in [6.45, 7) is -0.0457. The molecule has 0 bridgehead atoms. The summed E-state index contributed by atoms with van der Waals surface area (Å²) in [6.07, 6.45) is -1.99. The minimum atomic E-state index is -1.99. The molecule has 1 aliphatic rings. The van der Waals surface area contributed by atoms with Crippen LogP contribution in [0.5, 0.6) is 0 Å². The van der Waals surface area contributed by atoms with Gasteiger partial charge >= 0.3 is 6.08 Å². The summed E-state index contributed by atoms with van der Waals surface area (Å²) in [4.78, 5) is 14.5. The third-order valence-electron chi connectivity index (χ3n) is 5.05. The Bertz CT molecular complexity index is 1050. The molecule has 0 N–H and O–H groups in total. The first-order valence-corrected chi connectivity index (χ1v) is 9.79. The molecule has 0 spiro atoms. The molecule has 0 aromatic heterocycles. The van der Waals surface area contributed by atoms with E-state index in [2.05, 4.69) is 0 Å². The Balaban J connectivity index is 1.68. The lowest BCUT2D eigenvalue weighted by molar-refractivity contribution is -0.131. The third kappa shape index (κ3) is 3.94. The van der Waals surface area contributed by atoms with Crippen LogP contribution in [0.2, 0.25) is 5.02 Å². The van der Waals surface area contributed by atoms with Crippen molar-refractivity contribution in [1.29, 1.82) is 0 Å². The second kappa shape index (κ2) is 8.67. The molecule has 30 heavy (non-hydrogen) atoms. The van der Waals surface area contributed by atoms with Crippen molar-refractivity contribution in [3.63, 3.8) is 0 Å². The Morgan fingerprint density at radius 1 is 0.900 bits per heavy atom. The number of para-hydroxylation sites is 1. The average molecular weight is 426 g/mol. The van der Waals surface area contributed by atoms with E-state index in [0.717, 1.165) is 5.56 Å². The van der Waals surface area contributed by atoms with Gasteiger partial charge in [0.2, 0.25) is 5.91 Å². The van der Waals surface area contributed by atoms with Crippen molar-refractivity contribution in [3.8, 4) is 0 Å². The smallest absolute Gasteiger partial charge is 0.308 e. The molecule has 3 aromatic carbocycles. The van der Waals surface area contributed by atoms with Gasteiger partial charge in [-0.1, -0.05) is 72.3 Å². The van der Waals surface area contributed by atoms with Gasteiger partial charge in [0.1, 0.15) is 12.5 Å². The molecular weight excluding hydrogens is 408 g/mol. The normalized spacial score (nSPS) is 18.0. The second-order valence-corrected chi connectivity index (χ2v) is 7.35. The van der Waals surface area contributed by atoms with Crippen molar-refractivity contribution >= 4 is 23.2 Å². The number of anilines is 1. The fourth-order valence-corrected chi connectivity index (χ4v) is 3.75. The maximum absolute atomic E-state index is 13.9. The second-order valence-electron chi connectivity index (χ2n) is 6.92. The third-order valence-corrected chi connectivity index (χ3v) is 5.30. The Kier molecular flexibility index (Phi) is 5.81. The van der Waals surface area contributed by atoms with E-state index in [4.69, 9.17) is 16.3 Å². The van der Waals surface area contributed by atoms with Crippen LogP contribution in [0.15, 0.2) is 96.8 Å². The SMILES string of the molecule is O=C1C(C(OCc2ccccc2)=C(F)F)C(c2ccc(Cl)cc2)N1c1ccccc1. The van der Waals surface area contributed by atoms with Crippen LogP contribution in [0, 0.1) is 5.92 Å². The van der Waals surface area contributed by atoms with Gasteiger partial charge in [0, 0.05) is 10.7 Å². The van der Waals surface area contributed by atoms with Crippen molar-refractivity contribution in [2.24, 2.45) is 5.92 Å². The van der Waals surface area contributed by atoms with E-state index in [0.29, 0.717) is 16.3 Å². The molecule has 1 fully saturated rings. The molecule has 3 nitrogen and oxygen atoms in total. The van der Waals surface area contributed by atoms with Crippen LogP contribution in [0.25, 0.3) is 0 Å². The van der Waals surface area contributed by atoms with Crippen LogP contribution in [0.3, 0.4) is 0 Å². The zero-order valence-corrected chi connectivity index (χ0v) is 16.6. The number of β-lactam (4-membered cyclic amide) rings is 1. The van der Waals surface area contributed by atoms with Crippen molar-refractivity contribution in [1.82, 2.24) is 0 Å². The molecule has 0 aliphatic carbocycles. The fraction of sp³-hybridized carbons (Fsp3) is 0.125. The van der Waals surface area contributed by atoms with Gasteiger partial charge in [-0.3, -0.25) is 4.79 Å².